The quantitative estimate of drug-likeness (QED) is 0.611. The Balaban J connectivity index is 1.21. The minimum absolute atomic E-state index is 0.0228. The molecule has 2 fully saturated rings. The van der Waals surface area contributed by atoms with Crippen molar-refractivity contribution in [3.8, 4) is 10.6 Å². The highest BCUT2D eigenvalue weighted by molar-refractivity contribution is 7.15. The molecule has 1 amide bonds. The zero-order chi connectivity index (χ0) is 22.9. The molecule has 172 valence electrons. The molecule has 1 aromatic heterocycles. The first-order valence-corrected chi connectivity index (χ1v) is 11.8. The summed E-state index contributed by atoms with van der Waals surface area (Å²) >= 11 is 1.56. The lowest BCUT2D eigenvalue weighted by Crippen LogP contribution is -2.53. The smallest absolute Gasteiger partial charge is 0.241 e. The minimum atomic E-state index is -0.328. The van der Waals surface area contributed by atoms with E-state index in [9.17, 15) is 13.6 Å². The normalized spacial score (nSPS) is 20.9. The molecule has 0 spiro atoms. The third-order valence-corrected chi connectivity index (χ3v) is 7.55. The second kappa shape index (κ2) is 9.17. The molecule has 5 rings (SSSR count). The fraction of sp³-hybridized carbons (Fsp3) is 0.333. The van der Waals surface area contributed by atoms with Crippen LogP contribution in [0.2, 0.25) is 0 Å². The number of carbonyl (C=O) groups is 1. The number of hydrogen-bond acceptors (Lipinski definition) is 6. The molecule has 2 aliphatic rings. The van der Waals surface area contributed by atoms with E-state index in [1.807, 2.05) is 22.8 Å². The molecule has 2 N–H and O–H groups in total. The van der Waals surface area contributed by atoms with Crippen LogP contribution in [0.25, 0.3) is 10.6 Å². The Morgan fingerprint density at radius 3 is 2.48 bits per heavy atom. The Labute approximate surface area is 195 Å². The maximum absolute atomic E-state index is 14.1. The molecule has 2 atom stereocenters. The first-order chi connectivity index (χ1) is 16.0. The fourth-order valence-corrected chi connectivity index (χ4v) is 5.57. The van der Waals surface area contributed by atoms with Crippen LogP contribution in [0.3, 0.4) is 0 Å². The van der Waals surface area contributed by atoms with Gasteiger partial charge in [0.2, 0.25) is 5.91 Å². The molecule has 0 bridgehead atoms. The number of hydrogen-bond donors (Lipinski definition) is 2. The molecular formula is C24H25F2N5OS. The third-order valence-electron chi connectivity index (χ3n) is 6.23. The summed E-state index contributed by atoms with van der Waals surface area (Å²) in [4.78, 5) is 22.7. The van der Waals surface area contributed by atoms with Crippen molar-refractivity contribution in [1.29, 1.82) is 0 Å². The van der Waals surface area contributed by atoms with Crippen LogP contribution in [0.4, 0.5) is 14.5 Å². The van der Waals surface area contributed by atoms with Crippen molar-refractivity contribution in [2.75, 3.05) is 31.1 Å². The Bertz CT molecular complexity index is 1140. The van der Waals surface area contributed by atoms with E-state index in [2.05, 4.69) is 15.8 Å². The van der Waals surface area contributed by atoms with Gasteiger partial charge in [-0.1, -0.05) is 12.1 Å². The van der Waals surface area contributed by atoms with Crippen LogP contribution in [-0.4, -0.2) is 48.0 Å². The Hall–Kier alpha value is -2.88. The number of para-hydroxylation sites is 1. The van der Waals surface area contributed by atoms with Gasteiger partial charge >= 0.3 is 0 Å². The molecule has 0 saturated carbocycles. The van der Waals surface area contributed by atoms with Gasteiger partial charge in [-0.3, -0.25) is 4.79 Å². The van der Waals surface area contributed by atoms with Gasteiger partial charge in [0.05, 0.1) is 17.4 Å². The maximum Gasteiger partial charge on any atom is 0.241 e. The topological polar surface area (TPSA) is 60.5 Å². The fourth-order valence-electron chi connectivity index (χ4n) is 4.43. The summed E-state index contributed by atoms with van der Waals surface area (Å²) in [6, 6.07) is 12.7. The Morgan fingerprint density at radius 1 is 1.03 bits per heavy atom. The van der Waals surface area contributed by atoms with Gasteiger partial charge in [0.25, 0.3) is 0 Å². The van der Waals surface area contributed by atoms with E-state index in [0.29, 0.717) is 38.3 Å². The van der Waals surface area contributed by atoms with Crippen molar-refractivity contribution in [3.63, 3.8) is 0 Å². The first-order valence-electron chi connectivity index (χ1n) is 11.0. The van der Waals surface area contributed by atoms with Crippen LogP contribution < -0.4 is 15.8 Å². The largest absolute Gasteiger partial charge is 0.366 e. The van der Waals surface area contributed by atoms with Crippen molar-refractivity contribution in [1.82, 2.24) is 20.7 Å². The molecule has 9 heteroatoms. The van der Waals surface area contributed by atoms with E-state index in [1.165, 1.54) is 18.2 Å². The predicted octanol–water partition coefficient (Wildman–Crippen LogP) is 3.65. The van der Waals surface area contributed by atoms with E-state index in [0.717, 1.165) is 21.1 Å². The number of anilines is 1. The number of thiazole rings is 1. The second-order valence-corrected chi connectivity index (χ2v) is 9.40. The van der Waals surface area contributed by atoms with E-state index in [4.69, 9.17) is 0 Å². The molecule has 6 nitrogen and oxygen atoms in total. The Kier molecular flexibility index (Phi) is 6.09. The van der Waals surface area contributed by atoms with Gasteiger partial charge in [-0.15, -0.1) is 11.3 Å². The number of rotatable bonds is 4. The summed E-state index contributed by atoms with van der Waals surface area (Å²) in [5.74, 6) is -0.453. The molecule has 2 unspecified atom stereocenters. The zero-order valence-corrected chi connectivity index (χ0v) is 19.0. The molecule has 2 aliphatic heterocycles. The van der Waals surface area contributed by atoms with Gasteiger partial charge in [0.15, 0.2) is 0 Å². The summed E-state index contributed by atoms with van der Waals surface area (Å²) in [5, 5.41) is 0.836. The van der Waals surface area contributed by atoms with Crippen LogP contribution in [0.5, 0.6) is 0 Å². The van der Waals surface area contributed by atoms with Crippen LogP contribution in [0.15, 0.2) is 48.5 Å². The number of hydrazine groups is 1. The van der Waals surface area contributed by atoms with Gasteiger partial charge in [-0.25, -0.2) is 24.6 Å². The molecular weight excluding hydrogens is 444 g/mol. The first kappa shape index (κ1) is 21.9. The number of halogens is 2. The van der Waals surface area contributed by atoms with Crippen LogP contribution in [-0.2, 0) is 4.79 Å². The lowest BCUT2D eigenvalue weighted by Gasteiger charge is -2.37. The monoisotopic (exact) mass is 469 g/mol. The van der Waals surface area contributed by atoms with Gasteiger partial charge < -0.3 is 9.80 Å². The summed E-state index contributed by atoms with van der Waals surface area (Å²) in [5.41, 5.74) is 8.78. The van der Waals surface area contributed by atoms with Crippen LogP contribution in [0.1, 0.15) is 23.0 Å². The van der Waals surface area contributed by atoms with E-state index in [-0.39, 0.29) is 29.6 Å². The number of piperazine rings is 1. The van der Waals surface area contributed by atoms with Crippen molar-refractivity contribution in [2.24, 2.45) is 0 Å². The average Bonchev–Trinajstić information content (AvgIpc) is 3.46. The molecule has 0 aliphatic carbocycles. The number of aryl methyl sites for hydroxylation is 1. The predicted molar refractivity (Wildman–Crippen MR) is 125 cm³/mol. The second-order valence-electron chi connectivity index (χ2n) is 8.37. The van der Waals surface area contributed by atoms with Crippen LogP contribution >= 0.6 is 11.3 Å². The van der Waals surface area contributed by atoms with Crippen molar-refractivity contribution in [2.45, 2.75) is 25.4 Å². The zero-order valence-electron chi connectivity index (χ0n) is 18.2. The Morgan fingerprint density at radius 2 is 1.76 bits per heavy atom. The van der Waals surface area contributed by atoms with Crippen molar-refractivity contribution >= 4 is 22.9 Å². The molecule has 2 aromatic carbocycles. The molecule has 2 saturated heterocycles. The maximum atomic E-state index is 14.1. The number of carbonyl (C=O) groups excluding carboxylic acids is 1. The average molecular weight is 470 g/mol. The number of amides is 1. The number of nitrogens with one attached hydrogen (secondary N) is 2. The number of benzene rings is 2. The van der Waals surface area contributed by atoms with E-state index < -0.39 is 0 Å². The lowest BCUT2D eigenvalue weighted by atomic mass is 10.1. The SMILES string of the molecule is Cc1nc(-c2ccc(F)cc2)sc1C1CC(C(=O)N2CCN(c3ccccc3F)CC2)NN1. The van der Waals surface area contributed by atoms with Gasteiger partial charge in [0.1, 0.15) is 22.7 Å². The third kappa shape index (κ3) is 4.48. The number of nitrogens with zero attached hydrogens (tertiary/aromatic N) is 3. The van der Waals surface area contributed by atoms with Crippen molar-refractivity contribution in [3.05, 3.63) is 70.7 Å². The standard InChI is InChI=1S/C24H25F2N5OS/c1-15-22(33-23(27-15)16-6-8-17(25)9-7-16)19-14-20(29-28-19)24(32)31-12-10-30(11-13-31)21-5-3-2-4-18(21)26/h2-9,19-20,28-29H,10-14H2,1H3. The van der Waals surface area contributed by atoms with E-state index >= 15 is 0 Å². The van der Waals surface area contributed by atoms with Gasteiger partial charge in [-0.05, 0) is 49.7 Å². The van der Waals surface area contributed by atoms with Crippen LogP contribution in [0, 0.1) is 18.6 Å². The summed E-state index contributed by atoms with van der Waals surface area (Å²) in [6.45, 7) is 4.28. The number of aromatic nitrogens is 1. The highest BCUT2D eigenvalue weighted by Crippen LogP contribution is 2.35. The lowest BCUT2D eigenvalue weighted by molar-refractivity contribution is -0.133. The molecule has 0 radical (unpaired) electrons. The van der Waals surface area contributed by atoms with Gasteiger partial charge in [-0.2, -0.15) is 0 Å². The molecule has 3 heterocycles. The van der Waals surface area contributed by atoms with E-state index in [1.54, 1.807) is 35.6 Å². The van der Waals surface area contributed by atoms with Crippen molar-refractivity contribution < 1.29 is 13.6 Å². The van der Waals surface area contributed by atoms with Gasteiger partial charge in [0, 0.05) is 36.6 Å². The minimum Gasteiger partial charge on any atom is -0.366 e. The summed E-state index contributed by atoms with van der Waals surface area (Å²) in [7, 11) is 0. The summed E-state index contributed by atoms with van der Waals surface area (Å²) in [6.07, 6.45) is 0.623. The highest BCUT2D eigenvalue weighted by atomic mass is 32.1. The molecule has 3 aromatic rings. The molecule has 33 heavy (non-hydrogen) atoms. The summed E-state index contributed by atoms with van der Waals surface area (Å²) < 4.78 is 27.3. The highest BCUT2D eigenvalue weighted by Gasteiger charge is 2.35.